The second-order valence-corrected chi connectivity index (χ2v) is 4.56. The average molecular weight is 290 g/mol. The van der Waals surface area contributed by atoms with E-state index in [1.165, 1.54) is 24.5 Å². The fourth-order valence-corrected chi connectivity index (χ4v) is 1.86. The predicted molar refractivity (Wildman–Crippen MR) is 74.0 cm³/mol. The number of nitro benzene ring substituents is 1. The second kappa shape index (κ2) is 6.19. The van der Waals surface area contributed by atoms with Crippen LogP contribution in [-0.2, 0) is 6.54 Å². The van der Waals surface area contributed by atoms with E-state index in [2.05, 4.69) is 5.32 Å². The molecule has 0 amide bonds. The Morgan fingerprint density at radius 1 is 1.48 bits per heavy atom. The van der Waals surface area contributed by atoms with Crippen LogP contribution in [0.3, 0.4) is 0 Å². The highest BCUT2D eigenvalue weighted by Gasteiger charge is 2.12. The van der Waals surface area contributed by atoms with Gasteiger partial charge in [-0.2, -0.15) is 0 Å². The Kier molecular flexibility index (Phi) is 4.34. The highest BCUT2D eigenvalue weighted by Crippen LogP contribution is 2.19. The van der Waals surface area contributed by atoms with Crippen LogP contribution in [0.4, 0.5) is 5.69 Å². The molecular weight excluding hydrogens is 276 g/mol. The molecule has 7 nitrogen and oxygen atoms in total. The number of hydrogen-bond acceptors (Lipinski definition) is 5. The SMILES string of the molecule is CC(NCc1cc(C(=O)O)co1)c1cccc([N+](=O)[O-])c1. The maximum atomic E-state index is 10.7. The second-order valence-electron chi connectivity index (χ2n) is 4.56. The minimum absolute atomic E-state index is 0.0345. The van der Waals surface area contributed by atoms with Crippen LogP contribution in [0, 0.1) is 10.1 Å². The van der Waals surface area contributed by atoms with Gasteiger partial charge >= 0.3 is 5.97 Å². The standard InChI is InChI=1S/C14H14N2O5/c1-9(10-3-2-4-12(5-10)16(19)20)15-7-13-6-11(8-21-13)14(17)18/h2-6,8-9,15H,7H2,1H3,(H,17,18). The van der Waals surface area contributed by atoms with Crippen molar-refractivity contribution in [1.29, 1.82) is 0 Å². The number of furan rings is 1. The monoisotopic (exact) mass is 290 g/mol. The van der Waals surface area contributed by atoms with E-state index in [0.29, 0.717) is 12.3 Å². The molecule has 1 heterocycles. The number of nitrogens with zero attached hydrogens (tertiary/aromatic N) is 1. The van der Waals surface area contributed by atoms with E-state index in [0.717, 1.165) is 5.56 Å². The van der Waals surface area contributed by atoms with Crippen molar-refractivity contribution < 1.29 is 19.2 Å². The molecule has 1 unspecified atom stereocenters. The Hall–Kier alpha value is -2.67. The van der Waals surface area contributed by atoms with E-state index in [1.54, 1.807) is 12.1 Å². The first kappa shape index (κ1) is 14.7. The summed E-state index contributed by atoms with van der Waals surface area (Å²) in [7, 11) is 0. The Morgan fingerprint density at radius 2 is 2.24 bits per heavy atom. The van der Waals surface area contributed by atoms with Gasteiger partial charge in [-0.25, -0.2) is 4.79 Å². The zero-order valence-corrected chi connectivity index (χ0v) is 11.3. The van der Waals surface area contributed by atoms with Gasteiger partial charge in [0.25, 0.3) is 5.69 Å². The number of non-ortho nitro benzene ring substituents is 1. The summed E-state index contributed by atoms with van der Waals surface area (Å²) >= 11 is 0. The van der Waals surface area contributed by atoms with E-state index in [9.17, 15) is 14.9 Å². The van der Waals surface area contributed by atoms with Gasteiger partial charge in [-0.1, -0.05) is 12.1 Å². The predicted octanol–water partition coefficient (Wildman–Crippen LogP) is 2.74. The molecule has 0 aliphatic heterocycles. The van der Waals surface area contributed by atoms with E-state index in [1.807, 2.05) is 6.92 Å². The number of benzene rings is 1. The number of nitrogens with one attached hydrogen (secondary N) is 1. The smallest absolute Gasteiger partial charge is 0.338 e. The van der Waals surface area contributed by atoms with Crippen LogP contribution in [0.5, 0.6) is 0 Å². The van der Waals surface area contributed by atoms with Gasteiger partial charge in [0, 0.05) is 18.2 Å². The molecule has 0 saturated heterocycles. The lowest BCUT2D eigenvalue weighted by molar-refractivity contribution is -0.384. The van der Waals surface area contributed by atoms with Crippen LogP contribution >= 0.6 is 0 Å². The number of hydrogen-bond donors (Lipinski definition) is 2. The third kappa shape index (κ3) is 3.67. The van der Waals surface area contributed by atoms with Gasteiger partial charge < -0.3 is 14.8 Å². The lowest BCUT2D eigenvalue weighted by atomic mass is 10.1. The molecule has 0 radical (unpaired) electrons. The van der Waals surface area contributed by atoms with Crippen molar-refractivity contribution in [2.45, 2.75) is 19.5 Å². The Labute approximate surface area is 120 Å². The Morgan fingerprint density at radius 3 is 2.86 bits per heavy atom. The maximum Gasteiger partial charge on any atom is 0.338 e. The maximum absolute atomic E-state index is 10.7. The van der Waals surface area contributed by atoms with E-state index in [-0.39, 0.29) is 17.3 Å². The third-order valence-electron chi connectivity index (χ3n) is 3.06. The van der Waals surface area contributed by atoms with Gasteiger partial charge in [0.15, 0.2) is 0 Å². The first-order valence-electron chi connectivity index (χ1n) is 6.26. The quantitative estimate of drug-likeness (QED) is 0.626. The molecule has 2 rings (SSSR count). The van der Waals surface area contributed by atoms with Gasteiger partial charge in [-0.15, -0.1) is 0 Å². The summed E-state index contributed by atoms with van der Waals surface area (Å²) in [5.74, 6) is -0.554. The van der Waals surface area contributed by atoms with Gasteiger partial charge in [0.2, 0.25) is 0 Å². The summed E-state index contributed by atoms with van der Waals surface area (Å²) < 4.78 is 5.12. The Balaban J connectivity index is 2.00. The third-order valence-corrected chi connectivity index (χ3v) is 3.06. The minimum Gasteiger partial charge on any atom is -0.478 e. The van der Waals surface area contributed by atoms with E-state index < -0.39 is 10.9 Å². The van der Waals surface area contributed by atoms with Crippen molar-refractivity contribution in [1.82, 2.24) is 5.32 Å². The van der Waals surface area contributed by atoms with Crippen molar-refractivity contribution in [3.8, 4) is 0 Å². The molecule has 2 aromatic rings. The molecule has 0 spiro atoms. The van der Waals surface area contributed by atoms with Crippen LogP contribution in [0.2, 0.25) is 0 Å². The summed E-state index contributed by atoms with van der Waals surface area (Å²) in [5.41, 5.74) is 0.899. The van der Waals surface area contributed by atoms with Crippen LogP contribution in [0.15, 0.2) is 41.0 Å². The molecule has 21 heavy (non-hydrogen) atoms. The number of carboxylic acid groups (broad SMARTS) is 1. The highest BCUT2D eigenvalue weighted by molar-refractivity contribution is 5.87. The fraction of sp³-hybridized carbons (Fsp3) is 0.214. The molecule has 110 valence electrons. The zero-order chi connectivity index (χ0) is 15.4. The number of rotatable bonds is 6. The molecule has 1 aromatic carbocycles. The average Bonchev–Trinajstić information content (AvgIpc) is 2.94. The Bertz CT molecular complexity index is 665. The van der Waals surface area contributed by atoms with Gasteiger partial charge in [-0.05, 0) is 18.6 Å². The van der Waals surface area contributed by atoms with Crippen molar-refractivity contribution in [2.75, 3.05) is 0 Å². The van der Waals surface area contributed by atoms with E-state index in [4.69, 9.17) is 9.52 Å². The van der Waals surface area contributed by atoms with Crippen LogP contribution in [-0.4, -0.2) is 16.0 Å². The van der Waals surface area contributed by atoms with Crippen molar-refractivity contribution in [3.63, 3.8) is 0 Å². The molecule has 7 heteroatoms. The lowest BCUT2D eigenvalue weighted by Crippen LogP contribution is -2.17. The molecule has 0 aliphatic carbocycles. The normalized spacial score (nSPS) is 12.0. The van der Waals surface area contributed by atoms with Crippen LogP contribution in [0.1, 0.15) is 34.6 Å². The van der Waals surface area contributed by atoms with Crippen molar-refractivity contribution in [2.24, 2.45) is 0 Å². The minimum atomic E-state index is -1.04. The molecule has 1 atom stereocenters. The van der Waals surface area contributed by atoms with Crippen molar-refractivity contribution >= 4 is 11.7 Å². The molecule has 0 bridgehead atoms. The van der Waals surface area contributed by atoms with Gasteiger partial charge in [-0.3, -0.25) is 10.1 Å². The molecule has 0 fully saturated rings. The van der Waals surface area contributed by atoms with Gasteiger partial charge in [0.1, 0.15) is 12.0 Å². The molecule has 0 aliphatic rings. The first-order chi connectivity index (χ1) is 9.97. The molecule has 2 N–H and O–H groups in total. The summed E-state index contributed by atoms with van der Waals surface area (Å²) in [4.78, 5) is 21.0. The topological polar surface area (TPSA) is 106 Å². The number of carbonyl (C=O) groups is 1. The first-order valence-corrected chi connectivity index (χ1v) is 6.26. The number of aromatic carboxylic acids is 1. The molecular formula is C14H14N2O5. The lowest BCUT2D eigenvalue weighted by Gasteiger charge is -2.12. The summed E-state index contributed by atoms with van der Waals surface area (Å²) in [6, 6.07) is 7.65. The van der Waals surface area contributed by atoms with Crippen LogP contribution in [0.25, 0.3) is 0 Å². The van der Waals surface area contributed by atoms with E-state index >= 15 is 0 Å². The summed E-state index contributed by atoms with van der Waals surface area (Å²) in [6.45, 7) is 2.19. The van der Waals surface area contributed by atoms with Gasteiger partial charge in [0.05, 0.1) is 17.0 Å². The summed E-state index contributed by atoms with van der Waals surface area (Å²) in [6.07, 6.45) is 1.18. The molecule has 0 saturated carbocycles. The summed E-state index contributed by atoms with van der Waals surface area (Å²) in [5, 5.41) is 22.7. The zero-order valence-electron chi connectivity index (χ0n) is 11.3. The van der Waals surface area contributed by atoms with Crippen molar-refractivity contribution in [3.05, 3.63) is 63.6 Å². The fourth-order valence-electron chi connectivity index (χ4n) is 1.86. The molecule has 1 aromatic heterocycles. The number of carboxylic acids is 1. The number of nitro groups is 1. The highest BCUT2D eigenvalue weighted by atomic mass is 16.6. The van der Waals surface area contributed by atoms with Crippen LogP contribution < -0.4 is 5.32 Å². The largest absolute Gasteiger partial charge is 0.478 e.